The molecule has 1 N–H and O–H groups in total. The van der Waals surface area contributed by atoms with E-state index in [1.807, 2.05) is 24.3 Å². The molecule has 2 unspecified atom stereocenters. The zero-order chi connectivity index (χ0) is 10.7. The molecule has 2 rings (SSSR count). The molecular weight excluding hydrogens is 256 g/mol. The van der Waals surface area contributed by atoms with Crippen LogP contribution in [0.1, 0.15) is 24.5 Å². The van der Waals surface area contributed by atoms with E-state index in [0.29, 0.717) is 6.61 Å². The number of aliphatic hydroxyl groups is 1. The van der Waals surface area contributed by atoms with Crippen LogP contribution < -0.4 is 0 Å². The number of hydrogen-bond acceptors (Lipinski definition) is 2. The summed E-state index contributed by atoms with van der Waals surface area (Å²) < 4.78 is 6.39. The summed E-state index contributed by atoms with van der Waals surface area (Å²) in [6.07, 6.45) is 1.70. The van der Waals surface area contributed by atoms with Crippen LogP contribution >= 0.6 is 15.9 Å². The van der Waals surface area contributed by atoms with E-state index in [1.165, 1.54) is 0 Å². The van der Waals surface area contributed by atoms with E-state index in [9.17, 15) is 5.11 Å². The lowest BCUT2D eigenvalue weighted by molar-refractivity contribution is -0.00998. The summed E-state index contributed by atoms with van der Waals surface area (Å²) in [5.74, 6) is 0.244. The molecule has 0 aromatic heterocycles. The molecule has 1 aliphatic rings. The highest BCUT2D eigenvalue weighted by Gasteiger charge is 2.23. The van der Waals surface area contributed by atoms with E-state index >= 15 is 0 Å². The number of halogens is 1. The lowest BCUT2D eigenvalue weighted by Crippen LogP contribution is -2.23. The summed E-state index contributed by atoms with van der Waals surface area (Å²) in [4.78, 5) is 0. The Labute approximate surface area is 98.4 Å². The van der Waals surface area contributed by atoms with Gasteiger partial charge in [0.15, 0.2) is 0 Å². The van der Waals surface area contributed by atoms with Gasteiger partial charge in [0.1, 0.15) is 0 Å². The Morgan fingerprint density at radius 1 is 1.47 bits per heavy atom. The fraction of sp³-hybridized carbons (Fsp3) is 0.500. The van der Waals surface area contributed by atoms with Gasteiger partial charge in [-0.3, -0.25) is 0 Å². The van der Waals surface area contributed by atoms with Gasteiger partial charge < -0.3 is 9.84 Å². The minimum atomic E-state index is -0.400. The molecule has 0 aliphatic carbocycles. The second kappa shape index (κ2) is 5.10. The minimum Gasteiger partial charge on any atom is -0.388 e. The van der Waals surface area contributed by atoms with E-state index < -0.39 is 6.10 Å². The zero-order valence-electron chi connectivity index (χ0n) is 8.53. The maximum Gasteiger partial charge on any atom is 0.0840 e. The van der Waals surface area contributed by atoms with Gasteiger partial charge in [-0.25, -0.2) is 0 Å². The largest absolute Gasteiger partial charge is 0.388 e. The fourth-order valence-corrected chi connectivity index (χ4v) is 2.39. The van der Waals surface area contributed by atoms with Crippen molar-refractivity contribution in [2.75, 3.05) is 13.2 Å². The third kappa shape index (κ3) is 2.80. The number of hydrogen-bond donors (Lipinski definition) is 1. The molecule has 1 aromatic rings. The molecule has 0 saturated carbocycles. The monoisotopic (exact) mass is 270 g/mol. The highest BCUT2D eigenvalue weighted by molar-refractivity contribution is 9.10. The molecule has 0 bridgehead atoms. The topological polar surface area (TPSA) is 29.5 Å². The highest BCUT2D eigenvalue weighted by Crippen LogP contribution is 2.29. The molecule has 1 aliphatic heterocycles. The molecule has 15 heavy (non-hydrogen) atoms. The van der Waals surface area contributed by atoms with Gasteiger partial charge in [-0.2, -0.15) is 0 Å². The quantitative estimate of drug-likeness (QED) is 0.896. The second-order valence-corrected chi connectivity index (χ2v) is 4.89. The summed E-state index contributed by atoms with van der Waals surface area (Å²) in [6.45, 7) is 1.51. The van der Waals surface area contributed by atoms with Crippen molar-refractivity contribution in [3.63, 3.8) is 0 Å². The van der Waals surface area contributed by atoms with Crippen LogP contribution in [-0.4, -0.2) is 18.3 Å². The van der Waals surface area contributed by atoms with Crippen molar-refractivity contribution >= 4 is 15.9 Å². The van der Waals surface area contributed by atoms with Crippen LogP contribution in [-0.2, 0) is 4.74 Å². The molecule has 1 heterocycles. The number of aliphatic hydroxyl groups excluding tert-OH is 1. The molecule has 0 radical (unpaired) electrons. The predicted molar refractivity (Wildman–Crippen MR) is 62.6 cm³/mol. The molecule has 0 spiro atoms. The maximum atomic E-state index is 10.2. The first-order valence-corrected chi connectivity index (χ1v) is 6.08. The second-order valence-electron chi connectivity index (χ2n) is 3.98. The van der Waals surface area contributed by atoms with Crippen molar-refractivity contribution in [3.8, 4) is 0 Å². The summed E-state index contributed by atoms with van der Waals surface area (Å²) in [7, 11) is 0. The van der Waals surface area contributed by atoms with Crippen LogP contribution in [0.15, 0.2) is 28.7 Å². The smallest absolute Gasteiger partial charge is 0.0840 e. The first-order chi connectivity index (χ1) is 7.27. The Balaban J connectivity index is 2.08. The Hall–Kier alpha value is -0.380. The van der Waals surface area contributed by atoms with Crippen molar-refractivity contribution < 1.29 is 9.84 Å². The van der Waals surface area contributed by atoms with Gasteiger partial charge in [-0.05, 0) is 30.5 Å². The molecule has 1 fully saturated rings. The Bertz CT molecular complexity index is 321. The van der Waals surface area contributed by atoms with Crippen LogP contribution in [0.4, 0.5) is 0 Å². The molecule has 3 heteroatoms. The van der Waals surface area contributed by atoms with Gasteiger partial charge >= 0.3 is 0 Å². The summed E-state index contributed by atoms with van der Waals surface area (Å²) in [5, 5.41) is 10.2. The highest BCUT2D eigenvalue weighted by atomic mass is 79.9. The first kappa shape index (κ1) is 11.1. The Morgan fingerprint density at radius 3 is 3.00 bits per heavy atom. The van der Waals surface area contributed by atoms with E-state index in [0.717, 1.165) is 29.5 Å². The molecular formula is C12H15BrO2. The van der Waals surface area contributed by atoms with Gasteiger partial charge in [0.25, 0.3) is 0 Å². The molecule has 0 amide bonds. The van der Waals surface area contributed by atoms with Crippen LogP contribution in [0.25, 0.3) is 0 Å². The van der Waals surface area contributed by atoms with Crippen molar-refractivity contribution in [1.82, 2.24) is 0 Å². The number of rotatable bonds is 2. The first-order valence-electron chi connectivity index (χ1n) is 5.28. The summed E-state index contributed by atoms with van der Waals surface area (Å²) >= 11 is 3.41. The van der Waals surface area contributed by atoms with Crippen LogP contribution in [0, 0.1) is 5.92 Å². The van der Waals surface area contributed by atoms with Gasteiger partial charge in [-0.15, -0.1) is 0 Å². The van der Waals surface area contributed by atoms with Crippen LogP contribution in [0.5, 0.6) is 0 Å². The lowest BCUT2D eigenvalue weighted by Gasteiger charge is -2.27. The standard InChI is InChI=1S/C12H15BrO2/c13-11-5-1-3-9(7-11)12(14)10-4-2-6-15-8-10/h1,3,5,7,10,12,14H,2,4,6,8H2. The average molecular weight is 271 g/mol. The van der Waals surface area contributed by atoms with Crippen molar-refractivity contribution in [2.45, 2.75) is 18.9 Å². The van der Waals surface area contributed by atoms with E-state index in [2.05, 4.69) is 15.9 Å². The minimum absolute atomic E-state index is 0.244. The predicted octanol–water partition coefficient (Wildman–Crippen LogP) is 2.91. The third-order valence-electron chi connectivity index (χ3n) is 2.83. The third-order valence-corrected chi connectivity index (χ3v) is 3.33. The number of benzene rings is 1. The van der Waals surface area contributed by atoms with Crippen LogP contribution in [0.3, 0.4) is 0 Å². The van der Waals surface area contributed by atoms with Gasteiger partial charge in [0.05, 0.1) is 12.7 Å². The number of ether oxygens (including phenoxy) is 1. The van der Waals surface area contributed by atoms with Crippen molar-refractivity contribution in [2.24, 2.45) is 5.92 Å². The molecule has 2 nitrogen and oxygen atoms in total. The summed E-state index contributed by atoms with van der Waals surface area (Å²) in [5.41, 5.74) is 0.972. The normalized spacial score (nSPS) is 23.7. The molecule has 2 atom stereocenters. The van der Waals surface area contributed by atoms with Gasteiger partial charge in [-0.1, -0.05) is 28.1 Å². The molecule has 1 saturated heterocycles. The lowest BCUT2D eigenvalue weighted by atomic mass is 9.91. The van der Waals surface area contributed by atoms with E-state index in [4.69, 9.17) is 4.74 Å². The van der Waals surface area contributed by atoms with E-state index in [-0.39, 0.29) is 5.92 Å². The maximum absolute atomic E-state index is 10.2. The summed E-state index contributed by atoms with van der Waals surface area (Å²) in [6, 6.07) is 7.85. The van der Waals surface area contributed by atoms with Crippen molar-refractivity contribution in [3.05, 3.63) is 34.3 Å². The van der Waals surface area contributed by atoms with E-state index in [1.54, 1.807) is 0 Å². The average Bonchev–Trinajstić information content (AvgIpc) is 2.29. The molecule has 1 aromatic carbocycles. The van der Waals surface area contributed by atoms with Gasteiger partial charge in [0.2, 0.25) is 0 Å². The van der Waals surface area contributed by atoms with Crippen LogP contribution in [0.2, 0.25) is 0 Å². The van der Waals surface area contributed by atoms with Gasteiger partial charge in [0, 0.05) is 17.0 Å². The van der Waals surface area contributed by atoms with Crippen molar-refractivity contribution in [1.29, 1.82) is 0 Å². The Morgan fingerprint density at radius 2 is 2.33 bits per heavy atom. The Kier molecular flexibility index (Phi) is 3.78. The molecule has 82 valence electrons. The zero-order valence-corrected chi connectivity index (χ0v) is 10.1. The SMILES string of the molecule is OC(c1cccc(Br)c1)C1CCCOC1. The fourth-order valence-electron chi connectivity index (χ4n) is 1.98.